The van der Waals surface area contributed by atoms with Crippen LogP contribution in [0.1, 0.15) is 25.1 Å². The highest BCUT2D eigenvalue weighted by atomic mass is 32.1. The number of carbonyl (C=O) groups is 1. The molecule has 0 bridgehead atoms. The molecule has 4 heteroatoms. The van der Waals surface area contributed by atoms with Crippen molar-refractivity contribution in [1.82, 2.24) is 0 Å². The van der Waals surface area contributed by atoms with E-state index in [1.54, 1.807) is 18.3 Å². The molecule has 90 valence electrons. The van der Waals surface area contributed by atoms with Crippen molar-refractivity contribution in [1.29, 1.82) is 0 Å². The summed E-state index contributed by atoms with van der Waals surface area (Å²) >= 11 is 1.70. The zero-order valence-electron chi connectivity index (χ0n) is 9.77. The highest BCUT2D eigenvalue weighted by Crippen LogP contribution is 2.10. The minimum absolute atomic E-state index is 0.254. The third-order valence-corrected chi connectivity index (χ3v) is 3.10. The van der Waals surface area contributed by atoms with Gasteiger partial charge < -0.3 is 9.47 Å². The van der Waals surface area contributed by atoms with Crippen molar-refractivity contribution in [2.24, 2.45) is 0 Å². The summed E-state index contributed by atoms with van der Waals surface area (Å²) in [5.74, 6) is -0.254. The van der Waals surface area contributed by atoms with E-state index in [9.17, 15) is 4.79 Å². The Kier molecular flexibility index (Phi) is 6.11. The van der Waals surface area contributed by atoms with Crippen LogP contribution in [-0.2, 0) is 20.7 Å². The second-order valence-corrected chi connectivity index (χ2v) is 4.38. The molecule has 1 aromatic rings. The van der Waals surface area contributed by atoms with Gasteiger partial charge in [0.05, 0.1) is 13.2 Å². The number of hydrogen-bond acceptors (Lipinski definition) is 4. The summed E-state index contributed by atoms with van der Waals surface area (Å²) < 4.78 is 10.4. The van der Waals surface area contributed by atoms with E-state index in [1.165, 1.54) is 4.88 Å². The summed E-state index contributed by atoms with van der Waals surface area (Å²) in [4.78, 5) is 12.7. The molecule has 0 saturated carbocycles. The van der Waals surface area contributed by atoms with Crippen LogP contribution in [0.2, 0.25) is 0 Å². The van der Waals surface area contributed by atoms with E-state index < -0.39 is 6.10 Å². The maximum Gasteiger partial charge on any atom is 0.335 e. The standard InChI is InChI=1S/C12H18O3S/c1-3-11(12(13)14-4-2)15-8-7-10-6-5-9-16-10/h5-6,9,11H,3-4,7-8H2,1-2H3. The summed E-state index contributed by atoms with van der Waals surface area (Å²) in [6.07, 6.45) is 1.09. The van der Waals surface area contributed by atoms with E-state index >= 15 is 0 Å². The van der Waals surface area contributed by atoms with Crippen molar-refractivity contribution >= 4 is 17.3 Å². The Balaban J connectivity index is 2.26. The zero-order valence-corrected chi connectivity index (χ0v) is 10.6. The maximum absolute atomic E-state index is 11.4. The van der Waals surface area contributed by atoms with Crippen LogP contribution < -0.4 is 0 Å². The molecule has 3 nitrogen and oxygen atoms in total. The number of carbonyl (C=O) groups excluding carboxylic acids is 1. The molecule has 1 heterocycles. The van der Waals surface area contributed by atoms with Crippen LogP contribution in [0.15, 0.2) is 17.5 Å². The SMILES string of the molecule is CCOC(=O)C(CC)OCCc1cccs1. The number of hydrogen-bond donors (Lipinski definition) is 0. The molecule has 0 saturated heterocycles. The van der Waals surface area contributed by atoms with Gasteiger partial charge in [-0.2, -0.15) is 0 Å². The first-order valence-electron chi connectivity index (χ1n) is 5.58. The Morgan fingerprint density at radius 2 is 2.31 bits per heavy atom. The molecule has 0 aliphatic heterocycles. The molecule has 0 aliphatic rings. The van der Waals surface area contributed by atoms with Gasteiger partial charge in [0.1, 0.15) is 0 Å². The Labute approximate surface area is 100 Å². The van der Waals surface area contributed by atoms with E-state index in [-0.39, 0.29) is 5.97 Å². The monoisotopic (exact) mass is 242 g/mol. The molecular formula is C12H18O3S. The highest BCUT2D eigenvalue weighted by Gasteiger charge is 2.17. The molecular weight excluding hydrogens is 224 g/mol. The molecule has 1 rings (SSSR count). The summed E-state index contributed by atoms with van der Waals surface area (Å²) in [6.45, 7) is 4.70. The van der Waals surface area contributed by atoms with Crippen LogP contribution in [-0.4, -0.2) is 25.3 Å². The van der Waals surface area contributed by atoms with Crippen molar-refractivity contribution in [3.8, 4) is 0 Å². The molecule has 0 N–H and O–H groups in total. The summed E-state index contributed by atoms with van der Waals surface area (Å²) in [6, 6.07) is 4.09. The number of ether oxygens (including phenoxy) is 2. The van der Waals surface area contributed by atoms with Gasteiger partial charge in [0.2, 0.25) is 0 Å². The van der Waals surface area contributed by atoms with Gasteiger partial charge in [-0.3, -0.25) is 0 Å². The van der Waals surface area contributed by atoms with Crippen LogP contribution in [0.25, 0.3) is 0 Å². The lowest BCUT2D eigenvalue weighted by molar-refractivity contribution is -0.156. The number of esters is 1. The molecule has 0 spiro atoms. The second kappa shape index (κ2) is 7.41. The Morgan fingerprint density at radius 1 is 1.50 bits per heavy atom. The lowest BCUT2D eigenvalue weighted by Gasteiger charge is -2.14. The highest BCUT2D eigenvalue weighted by molar-refractivity contribution is 7.09. The quantitative estimate of drug-likeness (QED) is 0.690. The molecule has 0 aromatic carbocycles. The first-order chi connectivity index (χ1) is 7.77. The van der Waals surface area contributed by atoms with Gasteiger partial charge in [-0.05, 0) is 24.8 Å². The third-order valence-electron chi connectivity index (χ3n) is 2.17. The van der Waals surface area contributed by atoms with E-state index in [1.807, 2.05) is 18.4 Å². The van der Waals surface area contributed by atoms with Crippen LogP contribution in [0.3, 0.4) is 0 Å². The van der Waals surface area contributed by atoms with Crippen molar-refractivity contribution in [3.63, 3.8) is 0 Å². The first kappa shape index (κ1) is 13.2. The summed E-state index contributed by atoms with van der Waals surface area (Å²) in [5.41, 5.74) is 0. The van der Waals surface area contributed by atoms with Gasteiger partial charge >= 0.3 is 5.97 Å². The summed E-state index contributed by atoms with van der Waals surface area (Å²) in [5, 5.41) is 2.04. The molecule has 0 fully saturated rings. The Morgan fingerprint density at radius 3 is 2.88 bits per heavy atom. The smallest absolute Gasteiger partial charge is 0.335 e. The Bertz CT molecular complexity index is 295. The molecule has 1 aromatic heterocycles. The van der Waals surface area contributed by atoms with Crippen molar-refractivity contribution in [3.05, 3.63) is 22.4 Å². The van der Waals surface area contributed by atoms with Crippen LogP contribution in [0.4, 0.5) is 0 Å². The zero-order chi connectivity index (χ0) is 11.8. The molecule has 16 heavy (non-hydrogen) atoms. The lowest BCUT2D eigenvalue weighted by atomic mass is 10.3. The van der Waals surface area contributed by atoms with Gasteiger partial charge in [-0.25, -0.2) is 4.79 Å². The van der Waals surface area contributed by atoms with E-state index in [0.29, 0.717) is 19.6 Å². The fraction of sp³-hybridized carbons (Fsp3) is 0.583. The van der Waals surface area contributed by atoms with Gasteiger partial charge in [0, 0.05) is 11.3 Å². The molecule has 1 atom stereocenters. The average Bonchev–Trinajstić information content (AvgIpc) is 2.77. The van der Waals surface area contributed by atoms with Crippen LogP contribution in [0.5, 0.6) is 0 Å². The second-order valence-electron chi connectivity index (χ2n) is 3.35. The fourth-order valence-corrected chi connectivity index (χ4v) is 2.03. The molecule has 0 aliphatic carbocycles. The minimum atomic E-state index is -0.417. The summed E-state index contributed by atoms with van der Waals surface area (Å²) in [7, 11) is 0. The average molecular weight is 242 g/mol. The maximum atomic E-state index is 11.4. The minimum Gasteiger partial charge on any atom is -0.464 e. The van der Waals surface area contributed by atoms with Crippen molar-refractivity contribution in [2.45, 2.75) is 32.8 Å². The topological polar surface area (TPSA) is 35.5 Å². The predicted molar refractivity (Wildman–Crippen MR) is 64.7 cm³/mol. The van der Waals surface area contributed by atoms with Crippen molar-refractivity contribution in [2.75, 3.05) is 13.2 Å². The Hall–Kier alpha value is -0.870. The largest absolute Gasteiger partial charge is 0.464 e. The van der Waals surface area contributed by atoms with Gasteiger partial charge in [-0.15, -0.1) is 11.3 Å². The normalized spacial score (nSPS) is 12.4. The molecule has 0 amide bonds. The van der Waals surface area contributed by atoms with Gasteiger partial charge in [0.15, 0.2) is 6.10 Å². The van der Waals surface area contributed by atoms with E-state index in [0.717, 1.165) is 6.42 Å². The van der Waals surface area contributed by atoms with E-state index in [4.69, 9.17) is 9.47 Å². The van der Waals surface area contributed by atoms with Crippen LogP contribution in [0, 0.1) is 0 Å². The predicted octanol–water partition coefficient (Wildman–Crippen LogP) is 2.65. The molecule has 1 unspecified atom stereocenters. The first-order valence-corrected chi connectivity index (χ1v) is 6.46. The molecule has 0 radical (unpaired) electrons. The van der Waals surface area contributed by atoms with Gasteiger partial charge in [-0.1, -0.05) is 13.0 Å². The lowest BCUT2D eigenvalue weighted by Crippen LogP contribution is -2.26. The fourth-order valence-electron chi connectivity index (χ4n) is 1.34. The van der Waals surface area contributed by atoms with Crippen molar-refractivity contribution < 1.29 is 14.3 Å². The third kappa shape index (κ3) is 4.33. The van der Waals surface area contributed by atoms with Gasteiger partial charge in [0.25, 0.3) is 0 Å². The van der Waals surface area contributed by atoms with Crippen LogP contribution >= 0.6 is 11.3 Å². The number of rotatable bonds is 7. The number of thiophene rings is 1. The van der Waals surface area contributed by atoms with E-state index in [2.05, 4.69) is 6.07 Å².